The van der Waals surface area contributed by atoms with Gasteiger partial charge < -0.3 is 10.6 Å². The van der Waals surface area contributed by atoms with Crippen LogP contribution in [0.25, 0.3) is 0 Å². The second-order valence-corrected chi connectivity index (χ2v) is 6.07. The Hall–Kier alpha value is -3.28. The lowest BCUT2D eigenvalue weighted by Crippen LogP contribution is -2.14. The van der Waals surface area contributed by atoms with Crippen molar-refractivity contribution >= 4 is 23.0 Å². The van der Waals surface area contributed by atoms with Gasteiger partial charge in [-0.2, -0.15) is 13.2 Å². The number of hydrogen-bond donors (Lipinski definition) is 2. The lowest BCUT2D eigenvalue weighted by Gasteiger charge is -2.13. The summed E-state index contributed by atoms with van der Waals surface area (Å²) in [5.74, 6) is -0.495. The van der Waals surface area contributed by atoms with Gasteiger partial charge in [-0.1, -0.05) is 30.3 Å². The van der Waals surface area contributed by atoms with Crippen molar-refractivity contribution in [1.29, 1.82) is 0 Å². The van der Waals surface area contributed by atoms with Crippen LogP contribution < -0.4 is 10.6 Å². The highest BCUT2D eigenvalue weighted by Crippen LogP contribution is 2.31. The number of nitrogens with one attached hydrogen (secondary N) is 2. The lowest BCUT2D eigenvalue weighted by atomic mass is 10.1. The molecule has 3 rings (SSSR count). The highest BCUT2D eigenvalue weighted by Gasteiger charge is 2.30. The molecule has 6 heteroatoms. The van der Waals surface area contributed by atoms with E-state index in [-0.39, 0.29) is 5.69 Å². The smallest absolute Gasteiger partial charge is 0.355 e. The average Bonchev–Trinajstić information content (AvgIpc) is 2.62. The molecule has 0 unspecified atom stereocenters. The van der Waals surface area contributed by atoms with Crippen LogP contribution in [0.2, 0.25) is 0 Å². The van der Waals surface area contributed by atoms with Gasteiger partial charge in [0, 0.05) is 11.4 Å². The summed E-state index contributed by atoms with van der Waals surface area (Å²) in [6.45, 7) is 1.96. The first-order chi connectivity index (χ1) is 12.8. The molecule has 3 nitrogen and oxygen atoms in total. The van der Waals surface area contributed by atoms with E-state index < -0.39 is 17.6 Å². The zero-order valence-corrected chi connectivity index (χ0v) is 14.5. The summed E-state index contributed by atoms with van der Waals surface area (Å²) < 4.78 is 38.5. The molecule has 0 spiro atoms. The summed E-state index contributed by atoms with van der Waals surface area (Å²) in [7, 11) is 0. The van der Waals surface area contributed by atoms with E-state index >= 15 is 0 Å². The number of rotatable bonds is 4. The monoisotopic (exact) mass is 370 g/mol. The SMILES string of the molecule is Cc1cccc(Nc2ccccc2C(=O)Nc2cccc(C(F)(F)F)c2)c1. The Balaban J connectivity index is 1.84. The first kappa shape index (κ1) is 18.5. The molecule has 2 N–H and O–H groups in total. The van der Waals surface area contributed by atoms with Gasteiger partial charge >= 0.3 is 6.18 Å². The standard InChI is InChI=1S/C21H17F3N2O/c1-14-6-4-8-16(12-14)25-19-11-3-2-10-18(19)20(27)26-17-9-5-7-15(13-17)21(22,23)24/h2-13,25H,1H3,(H,26,27). The minimum Gasteiger partial charge on any atom is -0.355 e. The van der Waals surface area contributed by atoms with Crippen molar-refractivity contribution in [2.45, 2.75) is 13.1 Å². The van der Waals surface area contributed by atoms with E-state index in [1.807, 2.05) is 31.2 Å². The number of alkyl halides is 3. The van der Waals surface area contributed by atoms with Crippen LogP contribution in [0, 0.1) is 6.92 Å². The largest absolute Gasteiger partial charge is 0.416 e. The van der Waals surface area contributed by atoms with Crippen molar-refractivity contribution in [1.82, 2.24) is 0 Å². The predicted molar refractivity (Wildman–Crippen MR) is 100 cm³/mol. The molecule has 0 aliphatic carbocycles. The number of carbonyl (C=O) groups excluding carboxylic acids is 1. The van der Waals surface area contributed by atoms with Crippen LogP contribution in [0.4, 0.5) is 30.2 Å². The van der Waals surface area contributed by atoms with E-state index in [0.29, 0.717) is 11.3 Å². The van der Waals surface area contributed by atoms with Gasteiger partial charge in [0.25, 0.3) is 5.91 Å². The fourth-order valence-electron chi connectivity index (χ4n) is 2.64. The fraction of sp³-hybridized carbons (Fsp3) is 0.0952. The van der Waals surface area contributed by atoms with Gasteiger partial charge in [-0.25, -0.2) is 0 Å². The maximum Gasteiger partial charge on any atom is 0.416 e. The topological polar surface area (TPSA) is 41.1 Å². The van der Waals surface area contributed by atoms with Crippen molar-refractivity contribution in [2.24, 2.45) is 0 Å². The van der Waals surface area contributed by atoms with Crippen molar-refractivity contribution in [3.05, 3.63) is 89.5 Å². The summed E-state index contributed by atoms with van der Waals surface area (Å²) in [5, 5.41) is 5.70. The van der Waals surface area contributed by atoms with Gasteiger partial charge in [0.1, 0.15) is 0 Å². The minimum absolute atomic E-state index is 0.0835. The number of carbonyl (C=O) groups is 1. The zero-order chi connectivity index (χ0) is 19.4. The number of hydrogen-bond acceptors (Lipinski definition) is 2. The summed E-state index contributed by atoms with van der Waals surface area (Å²) in [5.41, 5.74) is 2.04. The highest BCUT2D eigenvalue weighted by atomic mass is 19.4. The molecule has 0 aliphatic heterocycles. The molecule has 0 aromatic heterocycles. The second kappa shape index (κ2) is 7.53. The molecule has 0 saturated heterocycles. The summed E-state index contributed by atoms with van der Waals surface area (Å²) in [6, 6.07) is 19.0. The van der Waals surface area contributed by atoms with Gasteiger partial charge in [-0.15, -0.1) is 0 Å². The Kier molecular flexibility index (Phi) is 5.16. The molecule has 27 heavy (non-hydrogen) atoms. The lowest BCUT2D eigenvalue weighted by molar-refractivity contribution is -0.137. The molecule has 3 aromatic rings. The maximum absolute atomic E-state index is 12.8. The van der Waals surface area contributed by atoms with Crippen molar-refractivity contribution in [3.63, 3.8) is 0 Å². The normalized spacial score (nSPS) is 11.1. The number of para-hydroxylation sites is 1. The van der Waals surface area contributed by atoms with Crippen LogP contribution in [0.15, 0.2) is 72.8 Å². The Labute approximate surface area is 154 Å². The molecule has 0 fully saturated rings. The van der Waals surface area contributed by atoms with Gasteiger partial charge in [-0.05, 0) is 55.0 Å². The third kappa shape index (κ3) is 4.67. The molecule has 3 aromatic carbocycles. The molecular formula is C21H17F3N2O. The van der Waals surface area contributed by atoms with Crippen LogP contribution >= 0.6 is 0 Å². The van der Waals surface area contributed by atoms with Gasteiger partial charge in [-0.3, -0.25) is 4.79 Å². The van der Waals surface area contributed by atoms with Crippen LogP contribution in [-0.2, 0) is 6.18 Å². The van der Waals surface area contributed by atoms with Crippen molar-refractivity contribution < 1.29 is 18.0 Å². The number of halogens is 3. The molecule has 0 aliphatic rings. The predicted octanol–water partition coefficient (Wildman–Crippen LogP) is 6.01. The molecule has 0 heterocycles. The molecule has 0 atom stereocenters. The maximum atomic E-state index is 12.8. The van der Waals surface area contributed by atoms with Crippen LogP contribution in [0.5, 0.6) is 0 Å². The average molecular weight is 370 g/mol. The van der Waals surface area contributed by atoms with Crippen molar-refractivity contribution in [3.8, 4) is 0 Å². The molecule has 1 amide bonds. The molecule has 0 bridgehead atoms. The van der Waals surface area contributed by atoms with E-state index in [1.54, 1.807) is 24.3 Å². The number of aryl methyl sites for hydroxylation is 1. The number of anilines is 3. The summed E-state index contributed by atoms with van der Waals surface area (Å²) >= 11 is 0. The van der Waals surface area contributed by atoms with Gasteiger partial charge in [0.2, 0.25) is 0 Å². The molecule has 138 valence electrons. The van der Waals surface area contributed by atoms with Crippen molar-refractivity contribution in [2.75, 3.05) is 10.6 Å². The Morgan fingerprint density at radius 1 is 0.852 bits per heavy atom. The Bertz CT molecular complexity index is 967. The van der Waals surface area contributed by atoms with Gasteiger partial charge in [0.15, 0.2) is 0 Å². The van der Waals surface area contributed by atoms with E-state index in [2.05, 4.69) is 10.6 Å². The molecule has 0 radical (unpaired) electrons. The Morgan fingerprint density at radius 2 is 1.56 bits per heavy atom. The zero-order valence-electron chi connectivity index (χ0n) is 14.5. The minimum atomic E-state index is -4.47. The van der Waals surface area contributed by atoms with E-state index in [0.717, 1.165) is 23.4 Å². The van der Waals surface area contributed by atoms with Crippen LogP contribution in [-0.4, -0.2) is 5.91 Å². The molecular weight excluding hydrogens is 353 g/mol. The quantitative estimate of drug-likeness (QED) is 0.590. The fourth-order valence-corrected chi connectivity index (χ4v) is 2.64. The van der Waals surface area contributed by atoms with Crippen LogP contribution in [0.3, 0.4) is 0 Å². The van der Waals surface area contributed by atoms with E-state index in [9.17, 15) is 18.0 Å². The van der Waals surface area contributed by atoms with Crippen LogP contribution in [0.1, 0.15) is 21.5 Å². The number of amides is 1. The Morgan fingerprint density at radius 3 is 2.30 bits per heavy atom. The summed E-state index contributed by atoms with van der Waals surface area (Å²) in [6.07, 6.45) is -4.47. The van der Waals surface area contributed by atoms with E-state index in [1.165, 1.54) is 12.1 Å². The first-order valence-corrected chi connectivity index (χ1v) is 8.24. The third-order valence-electron chi connectivity index (χ3n) is 3.92. The van der Waals surface area contributed by atoms with E-state index in [4.69, 9.17) is 0 Å². The first-order valence-electron chi connectivity index (χ1n) is 8.24. The summed E-state index contributed by atoms with van der Waals surface area (Å²) in [4.78, 5) is 12.6. The highest BCUT2D eigenvalue weighted by molar-refractivity contribution is 6.08. The third-order valence-corrected chi connectivity index (χ3v) is 3.92. The second-order valence-electron chi connectivity index (χ2n) is 6.07. The number of benzene rings is 3. The van der Waals surface area contributed by atoms with Gasteiger partial charge in [0.05, 0.1) is 16.8 Å². The molecule has 0 saturated carbocycles.